The molecule has 0 aliphatic rings. The van der Waals surface area contributed by atoms with Crippen LogP contribution in [0.15, 0.2) is 78.9 Å². The molecule has 0 N–H and O–H groups in total. The van der Waals surface area contributed by atoms with Gasteiger partial charge in [0.2, 0.25) is 0 Å². The van der Waals surface area contributed by atoms with E-state index < -0.39 is 0 Å². The summed E-state index contributed by atoms with van der Waals surface area (Å²) in [6.45, 7) is 0. The van der Waals surface area contributed by atoms with E-state index in [4.69, 9.17) is 0 Å². The third-order valence-corrected chi connectivity index (χ3v) is 6.97. The number of anilines is 1. The molecule has 4 aromatic rings. The van der Waals surface area contributed by atoms with Crippen molar-refractivity contribution < 1.29 is 0 Å². The molecule has 0 heterocycles. The van der Waals surface area contributed by atoms with Crippen LogP contribution in [0.2, 0.25) is 0 Å². The summed E-state index contributed by atoms with van der Waals surface area (Å²) >= 11 is 0. The van der Waals surface area contributed by atoms with Gasteiger partial charge in [0.25, 0.3) is 0 Å². The zero-order chi connectivity index (χ0) is 22.9. The minimum atomic E-state index is 1.19. The molecule has 4 aromatic carbocycles. The number of nitrogens with zero attached hydrogens (tertiary/aromatic N) is 1. The molecule has 0 amide bonds. The minimum absolute atomic E-state index is 1.19. The third kappa shape index (κ3) is 6.38. The third-order valence-electron chi connectivity index (χ3n) is 6.97. The van der Waals surface area contributed by atoms with E-state index in [1.807, 2.05) is 0 Å². The van der Waals surface area contributed by atoms with Gasteiger partial charge in [-0.25, -0.2) is 0 Å². The molecule has 1 heteroatoms. The number of fused-ring (bicyclic) bond motifs is 3. The highest BCUT2D eigenvalue weighted by atomic mass is 15.1. The second-order valence-corrected chi connectivity index (χ2v) is 9.69. The lowest BCUT2D eigenvalue weighted by Crippen LogP contribution is -2.08. The molecule has 0 saturated heterocycles. The van der Waals surface area contributed by atoms with Crippen molar-refractivity contribution in [2.75, 3.05) is 19.0 Å². The summed E-state index contributed by atoms with van der Waals surface area (Å²) in [6, 6.07) is 29.2. The van der Waals surface area contributed by atoms with Crippen LogP contribution in [0.3, 0.4) is 0 Å². The van der Waals surface area contributed by atoms with E-state index in [1.54, 1.807) is 0 Å². The number of benzene rings is 4. The Morgan fingerprint density at radius 3 is 1.73 bits per heavy atom. The van der Waals surface area contributed by atoms with Crippen LogP contribution in [0, 0.1) is 0 Å². The lowest BCUT2D eigenvalue weighted by Gasteiger charge is -2.12. The van der Waals surface area contributed by atoms with E-state index in [0.717, 1.165) is 0 Å². The molecule has 0 aromatic heterocycles. The summed E-state index contributed by atoms with van der Waals surface area (Å²) in [5.74, 6) is 0. The fourth-order valence-corrected chi connectivity index (χ4v) is 5.00. The van der Waals surface area contributed by atoms with Gasteiger partial charge in [0.15, 0.2) is 0 Å². The molecule has 0 saturated carbocycles. The van der Waals surface area contributed by atoms with Crippen LogP contribution in [0.4, 0.5) is 5.69 Å². The van der Waals surface area contributed by atoms with Crippen molar-refractivity contribution in [2.45, 2.75) is 64.2 Å². The molecule has 0 fully saturated rings. The molecule has 172 valence electrons. The summed E-state index contributed by atoms with van der Waals surface area (Å²) in [7, 11) is 4.20. The molecule has 0 aliphatic heterocycles. The molecule has 0 radical (unpaired) electrons. The van der Waals surface area contributed by atoms with Crippen LogP contribution in [0.1, 0.15) is 62.5 Å². The van der Waals surface area contributed by atoms with E-state index in [9.17, 15) is 0 Å². The first-order valence-electron chi connectivity index (χ1n) is 12.9. The van der Waals surface area contributed by atoms with Crippen LogP contribution < -0.4 is 4.90 Å². The number of hydrogen-bond donors (Lipinski definition) is 0. The van der Waals surface area contributed by atoms with E-state index >= 15 is 0 Å². The standard InChI is InChI=1S/C32H39N/c1-33(2)29-23-21-26(22-24-29)15-9-7-5-3-4-6-8-10-16-27-25-28-17-11-12-18-30(28)32-20-14-13-19-31(27)32/h11-14,17-25H,3-10,15-16H2,1-2H3. The second-order valence-electron chi connectivity index (χ2n) is 9.69. The molecule has 0 unspecified atom stereocenters. The highest BCUT2D eigenvalue weighted by molar-refractivity contribution is 6.08. The Labute approximate surface area is 200 Å². The maximum absolute atomic E-state index is 2.42. The average Bonchev–Trinajstić information content (AvgIpc) is 2.85. The van der Waals surface area contributed by atoms with Crippen LogP contribution >= 0.6 is 0 Å². The van der Waals surface area contributed by atoms with Crippen molar-refractivity contribution >= 4 is 27.2 Å². The minimum Gasteiger partial charge on any atom is -0.378 e. The predicted molar refractivity (Wildman–Crippen MR) is 147 cm³/mol. The summed E-state index contributed by atoms with van der Waals surface area (Å²) in [5, 5.41) is 5.59. The van der Waals surface area contributed by atoms with Gasteiger partial charge in [-0.15, -0.1) is 0 Å². The fraction of sp³-hybridized carbons (Fsp3) is 0.375. The predicted octanol–water partition coefficient (Wildman–Crippen LogP) is 8.97. The van der Waals surface area contributed by atoms with Crippen molar-refractivity contribution in [3.05, 3.63) is 90.0 Å². The first kappa shape index (κ1) is 23.4. The Morgan fingerprint density at radius 2 is 1.06 bits per heavy atom. The Morgan fingerprint density at radius 1 is 0.515 bits per heavy atom. The second kappa shape index (κ2) is 11.9. The Balaban J connectivity index is 1.13. The van der Waals surface area contributed by atoms with E-state index in [1.165, 1.54) is 103 Å². The first-order valence-corrected chi connectivity index (χ1v) is 12.9. The topological polar surface area (TPSA) is 3.24 Å². The van der Waals surface area contributed by atoms with Crippen molar-refractivity contribution in [3.63, 3.8) is 0 Å². The van der Waals surface area contributed by atoms with Crippen molar-refractivity contribution in [1.82, 2.24) is 0 Å². The molecule has 1 nitrogen and oxygen atoms in total. The zero-order valence-electron chi connectivity index (χ0n) is 20.5. The molecular formula is C32H39N. The molecule has 33 heavy (non-hydrogen) atoms. The van der Waals surface area contributed by atoms with Crippen molar-refractivity contribution in [3.8, 4) is 0 Å². The maximum atomic E-state index is 2.42. The Bertz CT molecular complexity index is 1140. The smallest absolute Gasteiger partial charge is 0.0361 e. The number of hydrogen-bond acceptors (Lipinski definition) is 1. The SMILES string of the molecule is CN(C)c1ccc(CCCCCCCCCCc2cc3ccccc3c3ccccc23)cc1. The summed E-state index contributed by atoms with van der Waals surface area (Å²) in [5.41, 5.74) is 4.28. The highest BCUT2D eigenvalue weighted by Crippen LogP contribution is 2.29. The molecule has 0 bridgehead atoms. The van der Waals surface area contributed by atoms with Crippen LogP contribution in [-0.2, 0) is 12.8 Å². The van der Waals surface area contributed by atoms with Crippen molar-refractivity contribution in [1.29, 1.82) is 0 Å². The normalized spacial score (nSPS) is 11.3. The quantitative estimate of drug-likeness (QED) is 0.158. The Kier molecular flexibility index (Phi) is 8.41. The molecule has 0 atom stereocenters. The lowest BCUT2D eigenvalue weighted by molar-refractivity contribution is 0.568. The van der Waals surface area contributed by atoms with E-state index in [0.29, 0.717) is 0 Å². The average molecular weight is 438 g/mol. The van der Waals surface area contributed by atoms with Crippen LogP contribution in [0.5, 0.6) is 0 Å². The summed E-state index contributed by atoms with van der Waals surface area (Å²) in [6.07, 6.45) is 13.3. The van der Waals surface area contributed by atoms with Crippen molar-refractivity contribution in [2.24, 2.45) is 0 Å². The monoisotopic (exact) mass is 437 g/mol. The number of rotatable bonds is 12. The fourth-order valence-electron chi connectivity index (χ4n) is 5.00. The van der Waals surface area contributed by atoms with Gasteiger partial charge in [-0.3, -0.25) is 0 Å². The molecule has 4 rings (SSSR count). The summed E-state index contributed by atoms with van der Waals surface area (Å²) < 4.78 is 0. The zero-order valence-corrected chi connectivity index (χ0v) is 20.5. The van der Waals surface area contributed by atoms with Gasteiger partial charge in [0, 0.05) is 19.8 Å². The van der Waals surface area contributed by atoms with E-state index in [2.05, 4.69) is 97.9 Å². The largest absolute Gasteiger partial charge is 0.378 e. The van der Waals surface area contributed by atoms with Gasteiger partial charge in [0.05, 0.1) is 0 Å². The lowest BCUT2D eigenvalue weighted by atomic mass is 9.94. The maximum Gasteiger partial charge on any atom is 0.0361 e. The van der Waals surface area contributed by atoms with Gasteiger partial charge < -0.3 is 4.90 Å². The van der Waals surface area contributed by atoms with Gasteiger partial charge in [-0.1, -0.05) is 105 Å². The number of aryl methyl sites for hydroxylation is 2. The number of unbranched alkanes of at least 4 members (excludes halogenated alkanes) is 7. The van der Waals surface area contributed by atoms with Gasteiger partial charge >= 0.3 is 0 Å². The van der Waals surface area contributed by atoms with Crippen LogP contribution in [-0.4, -0.2) is 14.1 Å². The molecular weight excluding hydrogens is 398 g/mol. The van der Waals surface area contributed by atoms with Crippen LogP contribution in [0.25, 0.3) is 21.5 Å². The summed E-state index contributed by atoms with van der Waals surface area (Å²) in [4.78, 5) is 2.16. The molecule has 0 aliphatic carbocycles. The van der Waals surface area contributed by atoms with E-state index in [-0.39, 0.29) is 0 Å². The first-order chi connectivity index (χ1) is 16.2. The van der Waals surface area contributed by atoms with Gasteiger partial charge in [-0.05, 0) is 70.5 Å². The van der Waals surface area contributed by atoms with Gasteiger partial charge in [0.1, 0.15) is 0 Å². The highest BCUT2D eigenvalue weighted by Gasteiger charge is 2.06. The van der Waals surface area contributed by atoms with Gasteiger partial charge in [-0.2, -0.15) is 0 Å². The Hall–Kier alpha value is -2.80. The molecule has 0 spiro atoms.